The molecule has 19 heavy (non-hydrogen) atoms. The predicted molar refractivity (Wildman–Crippen MR) is 80.5 cm³/mol. The molecule has 1 fully saturated rings. The number of aryl methyl sites for hydroxylation is 1. The van der Waals surface area contributed by atoms with E-state index in [2.05, 4.69) is 10.4 Å². The maximum Gasteiger partial charge on any atom is 0.156 e. The first-order valence-corrected chi connectivity index (χ1v) is 8.24. The number of hydrogen-bond donors (Lipinski definition) is 1. The molecule has 0 amide bonds. The van der Waals surface area contributed by atoms with Gasteiger partial charge in [-0.2, -0.15) is 5.10 Å². The zero-order valence-corrected chi connectivity index (χ0v) is 12.2. The summed E-state index contributed by atoms with van der Waals surface area (Å²) in [5, 5.41) is 8.82. The molecular weight excluding hydrogens is 256 g/mol. The van der Waals surface area contributed by atoms with Crippen LogP contribution in [0.5, 0.6) is 0 Å². The molecular formula is C14H22N4S. The van der Waals surface area contributed by atoms with Crippen molar-refractivity contribution < 1.29 is 0 Å². The zero-order chi connectivity index (χ0) is 13.0. The third-order valence-electron chi connectivity index (χ3n) is 4.14. The fourth-order valence-electron chi connectivity index (χ4n) is 2.96. The van der Waals surface area contributed by atoms with Gasteiger partial charge in [-0.3, -0.25) is 9.67 Å². The minimum atomic E-state index is 0.547. The highest BCUT2D eigenvalue weighted by Crippen LogP contribution is 2.43. The van der Waals surface area contributed by atoms with E-state index >= 15 is 0 Å². The standard InChI is InChI=1S/C14H22N4S/c1-2-6-14(5-1)11-16-13(19-12-14)15-7-3-9-18-10-4-8-17-18/h4,8,10H,1-3,5-7,9,11-12H2,(H,15,16). The van der Waals surface area contributed by atoms with Crippen LogP contribution in [-0.4, -0.2) is 33.8 Å². The molecule has 1 aromatic rings. The maximum absolute atomic E-state index is 4.75. The summed E-state index contributed by atoms with van der Waals surface area (Å²) in [5.74, 6) is 1.26. The van der Waals surface area contributed by atoms with E-state index in [0.717, 1.165) is 31.2 Å². The van der Waals surface area contributed by atoms with Crippen molar-refractivity contribution in [1.29, 1.82) is 0 Å². The molecule has 5 heteroatoms. The number of amidine groups is 1. The maximum atomic E-state index is 4.75. The fraction of sp³-hybridized carbons (Fsp3) is 0.714. The Hall–Kier alpha value is -0.970. The first-order valence-electron chi connectivity index (χ1n) is 7.25. The van der Waals surface area contributed by atoms with Gasteiger partial charge in [0.1, 0.15) is 0 Å². The largest absolute Gasteiger partial charge is 0.365 e. The summed E-state index contributed by atoms with van der Waals surface area (Å²) in [6, 6.07) is 1.97. The Balaban J connectivity index is 1.38. The molecule has 1 aliphatic carbocycles. The van der Waals surface area contributed by atoms with E-state index in [1.54, 1.807) is 0 Å². The third kappa shape index (κ3) is 3.32. The van der Waals surface area contributed by atoms with Crippen molar-refractivity contribution in [3.8, 4) is 0 Å². The number of aromatic nitrogens is 2. The summed E-state index contributed by atoms with van der Waals surface area (Å²) in [5.41, 5.74) is 0.547. The van der Waals surface area contributed by atoms with Gasteiger partial charge in [0.2, 0.25) is 0 Å². The molecule has 0 saturated heterocycles. The van der Waals surface area contributed by atoms with Gasteiger partial charge in [-0.25, -0.2) is 0 Å². The van der Waals surface area contributed by atoms with Gasteiger partial charge in [0.05, 0.1) is 0 Å². The number of hydrogen-bond acceptors (Lipinski definition) is 4. The Kier molecular flexibility index (Phi) is 4.11. The summed E-state index contributed by atoms with van der Waals surface area (Å²) in [6.07, 6.45) is 10.5. The van der Waals surface area contributed by atoms with Gasteiger partial charge in [-0.15, -0.1) is 0 Å². The van der Waals surface area contributed by atoms with E-state index in [9.17, 15) is 0 Å². The van der Waals surface area contributed by atoms with Crippen LogP contribution in [0.4, 0.5) is 0 Å². The molecule has 2 aliphatic rings. The van der Waals surface area contributed by atoms with Gasteiger partial charge in [0.15, 0.2) is 5.17 Å². The number of nitrogens with one attached hydrogen (secondary N) is 1. The number of thioether (sulfide) groups is 1. The molecule has 104 valence electrons. The molecule has 1 saturated carbocycles. The van der Waals surface area contributed by atoms with Crippen molar-refractivity contribution in [2.75, 3.05) is 18.8 Å². The fourth-order valence-corrected chi connectivity index (χ4v) is 4.14. The summed E-state index contributed by atoms with van der Waals surface area (Å²) in [7, 11) is 0. The second-order valence-corrected chi connectivity index (χ2v) is 6.63. The van der Waals surface area contributed by atoms with Crippen molar-refractivity contribution in [2.45, 2.75) is 38.6 Å². The summed E-state index contributed by atoms with van der Waals surface area (Å²) < 4.78 is 1.98. The quantitative estimate of drug-likeness (QED) is 0.861. The second-order valence-electron chi connectivity index (χ2n) is 5.67. The highest BCUT2D eigenvalue weighted by molar-refractivity contribution is 8.13. The van der Waals surface area contributed by atoms with Crippen LogP contribution in [0.3, 0.4) is 0 Å². The Labute approximate surface area is 119 Å². The van der Waals surface area contributed by atoms with Crippen molar-refractivity contribution in [3.63, 3.8) is 0 Å². The monoisotopic (exact) mass is 278 g/mol. The van der Waals surface area contributed by atoms with Crippen molar-refractivity contribution in [2.24, 2.45) is 10.4 Å². The molecule has 1 aromatic heterocycles. The minimum Gasteiger partial charge on any atom is -0.365 e. The topological polar surface area (TPSA) is 42.2 Å². The summed E-state index contributed by atoms with van der Waals surface area (Å²) in [6.45, 7) is 3.00. The molecule has 1 spiro atoms. The lowest BCUT2D eigenvalue weighted by atomic mass is 9.89. The van der Waals surface area contributed by atoms with E-state index in [1.807, 2.05) is 34.9 Å². The normalized spacial score (nSPS) is 21.6. The van der Waals surface area contributed by atoms with Gasteiger partial charge in [-0.1, -0.05) is 24.6 Å². The Morgan fingerprint density at radius 2 is 2.26 bits per heavy atom. The number of nitrogens with zero attached hydrogens (tertiary/aromatic N) is 3. The SMILES string of the molecule is c1cnn(CCCNC2=NCC3(CCCC3)CS2)c1. The Morgan fingerprint density at radius 3 is 2.95 bits per heavy atom. The van der Waals surface area contributed by atoms with Crippen molar-refractivity contribution in [1.82, 2.24) is 15.1 Å². The summed E-state index contributed by atoms with van der Waals surface area (Å²) in [4.78, 5) is 4.75. The highest BCUT2D eigenvalue weighted by Gasteiger charge is 2.36. The highest BCUT2D eigenvalue weighted by atomic mass is 32.2. The molecule has 0 bridgehead atoms. The van der Waals surface area contributed by atoms with Gasteiger partial charge >= 0.3 is 0 Å². The van der Waals surface area contributed by atoms with Crippen LogP contribution >= 0.6 is 11.8 Å². The number of aliphatic imine (C=N–C) groups is 1. The first-order chi connectivity index (χ1) is 9.36. The predicted octanol–water partition coefficient (Wildman–Crippen LogP) is 2.53. The molecule has 0 radical (unpaired) electrons. The number of rotatable bonds is 4. The van der Waals surface area contributed by atoms with E-state index < -0.39 is 0 Å². The molecule has 0 aromatic carbocycles. The van der Waals surface area contributed by atoms with Crippen LogP contribution in [0.15, 0.2) is 23.5 Å². The molecule has 2 heterocycles. The molecule has 0 unspecified atom stereocenters. The van der Waals surface area contributed by atoms with Crippen molar-refractivity contribution >= 4 is 16.9 Å². The van der Waals surface area contributed by atoms with Crippen LogP contribution in [0.25, 0.3) is 0 Å². The smallest absolute Gasteiger partial charge is 0.156 e. The van der Waals surface area contributed by atoms with Crippen LogP contribution in [0.2, 0.25) is 0 Å². The van der Waals surface area contributed by atoms with E-state index in [0.29, 0.717) is 5.41 Å². The summed E-state index contributed by atoms with van der Waals surface area (Å²) >= 11 is 1.92. The van der Waals surface area contributed by atoms with Crippen LogP contribution in [0, 0.1) is 5.41 Å². The minimum absolute atomic E-state index is 0.547. The average molecular weight is 278 g/mol. The first kappa shape index (κ1) is 13.0. The van der Waals surface area contributed by atoms with Crippen LogP contribution in [0.1, 0.15) is 32.1 Å². The van der Waals surface area contributed by atoms with E-state index in [-0.39, 0.29) is 0 Å². The lowest BCUT2D eigenvalue weighted by Gasteiger charge is -2.31. The zero-order valence-electron chi connectivity index (χ0n) is 11.3. The van der Waals surface area contributed by atoms with Gasteiger partial charge in [0.25, 0.3) is 0 Å². The lowest BCUT2D eigenvalue weighted by Crippen LogP contribution is -2.34. The van der Waals surface area contributed by atoms with E-state index in [1.165, 1.54) is 31.4 Å². The second kappa shape index (κ2) is 5.99. The molecule has 4 nitrogen and oxygen atoms in total. The average Bonchev–Trinajstić information content (AvgIpc) is 3.09. The van der Waals surface area contributed by atoms with Crippen LogP contribution in [-0.2, 0) is 6.54 Å². The Morgan fingerprint density at radius 1 is 1.37 bits per heavy atom. The van der Waals surface area contributed by atoms with E-state index in [4.69, 9.17) is 4.99 Å². The third-order valence-corrected chi connectivity index (χ3v) is 5.44. The molecule has 1 N–H and O–H groups in total. The van der Waals surface area contributed by atoms with Gasteiger partial charge in [-0.05, 0) is 30.7 Å². The van der Waals surface area contributed by atoms with Gasteiger partial charge < -0.3 is 5.32 Å². The van der Waals surface area contributed by atoms with Gasteiger partial charge in [0, 0.05) is 37.8 Å². The van der Waals surface area contributed by atoms with Crippen LogP contribution < -0.4 is 5.32 Å². The van der Waals surface area contributed by atoms with Crippen molar-refractivity contribution in [3.05, 3.63) is 18.5 Å². The molecule has 3 rings (SSSR count). The molecule has 1 aliphatic heterocycles. The lowest BCUT2D eigenvalue weighted by molar-refractivity contribution is 0.358. The molecule has 0 atom stereocenters. The Bertz CT molecular complexity index is 421.